The van der Waals surface area contributed by atoms with Gasteiger partial charge in [0, 0.05) is 18.2 Å². The molecule has 0 aliphatic rings. The highest BCUT2D eigenvalue weighted by atomic mass is 16.6. The van der Waals surface area contributed by atoms with Gasteiger partial charge in [0.05, 0.1) is 16.6 Å². The molecule has 0 spiro atoms. The van der Waals surface area contributed by atoms with Gasteiger partial charge < -0.3 is 5.11 Å². The first-order valence-electron chi connectivity index (χ1n) is 4.14. The normalized spacial score (nSPS) is 9.94. The van der Waals surface area contributed by atoms with E-state index in [2.05, 4.69) is 0 Å². The first kappa shape index (κ1) is 11.4. The fourth-order valence-electron chi connectivity index (χ4n) is 1.04. The number of rotatable bonds is 3. The molecule has 0 radical (unpaired) electrons. The molecule has 1 aromatic rings. The summed E-state index contributed by atoms with van der Waals surface area (Å²) in [5.41, 5.74) is -0.507. The minimum Gasteiger partial charge on any atom is -0.507 e. The van der Waals surface area contributed by atoms with E-state index in [-0.39, 0.29) is 17.0 Å². The van der Waals surface area contributed by atoms with Gasteiger partial charge in [-0.1, -0.05) is 0 Å². The summed E-state index contributed by atoms with van der Waals surface area (Å²) in [5, 5.41) is 28.0. The summed E-state index contributed by atoms with van der Waals surface area (Å²) in [4.78, 5) is 21.1. The van der Waals surface area contributed by atoms with Crippen molar-refractivity contribution in [3.63, 3.8) is 0 Å². The standard InChI is InChI=1S/C10H6N2O4/c11-5-1-2-9(13)8-6-7(12(15)16)3-4-10(8)14/h1-4,6,14H/b2-1+. The molecule has 0 aliphatic heterocycles. The number of nitrogens with zero attached hydrogens (tertiary/aromatic N) is 2. The van der Waals surface area contributed by atoms with Crippen LogP contribution in [-0.4, -0.2) is 15.8 Å². The number of carbonyl (C=O) groups excluding carboxylic acids is 1. The van der Waals surface area contributed by atoms with Gasteiger partial charge >= 0.3 is 0 Å². The van der Waals surface area contributed by atoms with Gasteiger partial charge in [0.2, 0.25) is 0 Å². The summed E-state index contributed by atoms with van der Waals surface area (Å²) >= 11 is 0. The molecule has 1 N–H and O–H groups in total. The molecule has 80 valence electrons. The molecule has 6 heteroatoms. The van der Waals surface area contributed by atoms with Crippen LogP contribution >= 0.6 is 0 Å². The second-order valence-electron chi connectivity index (χ2n) is 2.79. The van der Waals surface area contributed by atoms with Gasteiger partial charge in [0.1, 0.15) is 5.75 Å². The van der Waals surface area contributed by atoms with Gasteiger partial charge in [0.15, 0.2) is 5.78 Å². The van der Waals surface area contributed by atoms with Crippen LogP contribution in [-0.2, 0) is 0 Å². The average Bonchev–Trinajstić information content (AvgIpc) is 2.26. The Labute approximate surface area is 90.2 Å². The Morgan fingerprint density at radius 2 is 2.25 bits per heavy atom. The lowest BCUT2D eigenvalue weighted by Gasteiger charge is -1.99. The first-order chi connectivity index (χ1) is 7.56. The summed E-state index contributed by atoms with van der Waals surface area (Å²) in [6.07, 6.45) is 1.86. The minimum absolute atomic E-state index is 0.208. The van der Waals surface area contributed by atoms with Crippen molar-refractivity contribution in [2.75, 3.05) is 0 Å². The largest absolute Gasteiger partial charge is 0.507 e. The lowest BCUT2D eigenvalue weighted by molar-refractivity contribution is -0.384. The van der Waals surface area contributed by atoms with E-state index in [0.29, 0.717) is 0 Å². The molecular formula is C10H6N2O4. The zero-order valence-corrected chi connectivity index (χ0v) is 7.95. The number of hydrogen-bond donors (Lipinski definition) is 1. The number of ketones is 1. The molecule has 0 heterocycles. The van der Waals surface area contributed by atoms with Crippen LogP contribution in [0.2, 0.25) is 0 Å². The number of benzene rings is 1. The topological polar surface area (TPSA) is 104 Å². The fourth-order valence-corrected chi connectivity index (χ4v) is 1.04. The number of nitro benzene ring substituents is 1. The van der Waals surface area contributed by atoms with Crippen molar-refractivity contribution in [2.24, 2.45) is 0 Å². The number of carbonyl (C=O) groups is 1. The van der Waals surface area contributed by atoms with Gasteiger partial charge in [-0.15, -0.1) is 0 Å². The summed E-state index contributed by atoms with van der Waals surface area (Å²) in [7, 11) is 0. The quantitative estimate of drug-likeness (QED) is 0.272. The molecule has 0 atom stereocenters. The first-order valence-corrected chi connectivity index (χ1v) is 4.14. The average molecular weight is 218 g/mol. The molecule has 0 aromatic heterocycles. The Morgan fingerprint density at radius 3 is 2.81 bits per heavy atom. The number of phenols is 1. The maximum Gasteiger partial charge on any atom is 0.270 e. The van der Waals surface area contributed by atoms with Gasteiger partial charge in [0.25, 0.3) is 5.69 Å². The highest BCUT2D eigenvalue weighted by molar-refractivity contribution is 6.07. The lowest BCUT2D eigenvalue weighted by Crippen LogP contribution is -1.97. The van der Waals surface area contributed by atoms with Gasteiger partial charge in [-0.3, -0.25) is 14.9 Å². The van der Waals surface area contributed by atoms with Crippen LogP contribution in [0, 0.1) is 21.4 Å². The Morgan fingerprint density at radius 1 is 1.56 bits per heavy atom. The summed E-state index contributed by atoms with van der Waals surface area (Å²) in [6.45, 7) is 0. The van der Waals surface area contributed by atoms with Crippen LogP contribution in [0.4, 0.5) is 5.69 Å². The monoisotopic (exact) mass is 218 g/mol. The van der Waals surface area contributed by atoms with Crippen molar-refractivity contribution in [1.82, 2.24) is 0 Å². The van der Waals surface area contributed by atoms with Crippen LogP contribution in [0.3, 0.4) is 0 Å². The second kappa shape index (κ2) is 4.70. The Hall–Kier alpha value is -2.68. The van der Waals surface area contributed by atoms with Crippen LogP contribution in [0.25, 0.3) is 0 Å². The number of nitro groups is 1. The lowest BCUT2D eigenvalue weighted by atomic mass is 10.1. The predicted molar refractivity (Wildman–Crippen MR) is 53.8 cm³/mol. The van der Waals surface area contributed by atoms with E-state index < -0.39 is 10.7 Å². The highest BCUT2D eigenvalue weighted by Gasteiger charge is 2.14. The molecule has 16 heavy (non-hydrogen) atoms. The van der Waals surface area contributed by atoms with E-state index in [9.17, 15) is 20.0 Å². The van der Waals surface area contributed by atoms with Gasteiger partial charge in [-0.2, -0.15) is 5.26 Å². The zero-order valence-electron chi connectivity index (χ0n) is 7.95. The maximum atomic E-state index is 11.4. The van der Waals surface area contributed by atoms with Crippen molar-refractivity contribution >= 4 is 11.5 Å². The van der Waals surface area contributed by atoms with Crippen molar-refractivity contribution in [1.29, 1.82) is 5.26 Å². The van der Waals surface area contributed by atoms with Crippen LogP contribution in [0.15, 0.2) is 30.4 Å². The number of hydrogen-bond acceptors (Lipinski definition) is 5. The third-order valence-electron chi connectivity index (χ3n) is 1.77. The molecule has 0 saturated carbocycles. The Bertz CT molecular complexity index is 514. The highest BCUT2D eigenvalue weighted by Crippen LogP contribution is 2.23. The van der Waals surface area contributed by atoms with Gasteiger partial charge in [-0.05, 0) is 12.1 Å². The van der Waals surface area contributed by atoms with E-state index in [1.54, 1.807) is 6.07 Å². The van der Waals surface area contributed by atoms with Crippen LogP contribution < -0.4 is 0 Å². The molecule has 1 rings (SSSR count). The molecule has 1 aromatic carbocycles. The Kier molecular flexibility index (Phi) is 3.35. The third kappa shape index (κ3) is 2.42. The predicted octanol–water partition coefficient (Wildman–Crippen LogP) is 1.56. The number of nitriles is 1. The molecule has 0 saturated heterocycles. The van der Waals surface area contributed by atoms with Crippen molar-refractivity contribution in [2.45, 2.75) is 0 Å². The molecule has 0 aliphatic carbocycles. The smallest absolute Gasteiger partial charge is 0.270 e. The molecule has 0 fully saturated rings. The van der Waals surface area contributed by atoms with Crippen molar-refractivity contribution in [3.8, 4) is 11.8 Å². The van der Waals surface area contributed by atoms with Crippen molar-refractivity contribution in [3.05, 3.63) is 46.0 Å². The van der Waals surface area contributed by atoms with E-state index in [1.165, 1.54) is 0 Å². The van der Waals surface area contributed by atoms with E-state index in [0.717, 1.165) is 30.4 Å². The number of aromatic hydroxyl groups is 1. The molecular weight excluding hydrogens is 212 g/mol. The van der Waals surface area contributed by atoms with E-state index >= 15 is 0 Å². The molecule has 0 amide bonds. The van der Waals surface area contributed by atoms with Crippen LogP contribution in [0.5, 0.6) is 5.75 Å². The number of phenolic OH excluding ortho intramolecular Hbond substituents is 1. The van der Waals surface area contributed by atoms with Crippen LogP contribution in [0.1, 0.15) is 10.4 Å². The molecule has 0 bridgehead atoms. The molecule has 6 nitrogen and oxygen atoms in total. The Balaban J connectivity index is 3.18. The SMILES string of the molecule is N#C/C=C/C(=O)c1cc([N+](=O)[O-])ccc1O. The minimum atomic E-state index is -0.676. The second-order valence-corrected chi connectivity index (χ2v) is 2.79. The zero-order chi connectivity index (χ0) is 12.1. The maximum absolute atomic E-state index is 11.4. The van der Waals surface area contributed by atoms with E-state index in [1.807, 2.05) is 0 Å². The van der Waals surface area contributed by atoms with Crippen molar-refractivity contribution < 1.29 is 14.8 Å². The molecule has 0 unspecified atom stereocenters. The fraction of sp³-hybridized carbons (Fsp3) is 0. The number of allylic oxidation sites excluding steroid dienone is 2. The summed E-state index contributed by atoms with van der Waals surface area (Å²) in [5.74, 6) is -1.03. The number of non-ortho nitro benzene ring substituents is 1. The summed E-state index contributed by atoms with van der Waals surface area (Å²) in [6, 6.07) is 4.71. The van der Waals surface area contributed by atoms with E-state index in [4.69, 9.17) is 5.26 Å². The van der Waals surface area contributed by atoms with Gasteiger partial charge in [-0.25, -0.2) is 0 Å². The summed E-state index contributed by atoms with van der Waals surface area (Å²) < 4.78 is 0. The third-order valence-corrected chi connectivity index (χ3v) is 1.77.